The molecule has 9 heteroatoms. The zero-order valence-electron chi connectivity index (χ0n) is 8.47. The number of hydrogen-bond donors (Lipinski definition) is 3. The van der Waals surface area contributed by atoms with Crippen LogP contribution < -0.4 is 4.72 Å². The molecule has 0 aliphatic rings. The van der Waals surface area contributed by atoms with Crippen molar-refractivity contribution in [2.24, 2.45) is 0 Å². The highest BCUT2D eigenvalue weighted by atomic mass is 32.3. The Bertz CT molecular complexity index is 395. The van der Waals surface area contributed by atoms with Crippen LogP contribution in [0, 0.1) is 0 Å². The van der Waals surface area contributed by atoms with E-state index in [0.29, 0.717) is 0 Å². The van der Waals surface area contributed by atoms with Gasteiger partial charge in [0.2, 0.25) is 10.0 Å². The number of rotatable bonds is 6. The van der Waals surface area contributed by atoms with E-state index in [1.165, 1.54) is 6.92 Å². The molecule has 0 aromatic heterocycles. The quantitative estimate of drug-likeness (QED) is 0.492. The van der Waals surface area contributed by atoms with E-state index in [1.54, 1.807) is 0 Å². The molecule has 3 N–H and O–H groups in total. The van der Waals surface area contributed by atoms with Gasteiger partial charge in [0, 0.05) is 12.8 Å². The first kappa shape index (κ1) is 14.8. The summed E-state index contributed by atoms with van der Waals surface area (Å²) in [6.45, 7) is 0.145. The highest BCUT2D eigenvalue weighted by Crippen LogP contribution is 2.01. The molecule has 0 bridgehead atoms. The molecule has 0 radical (unpaired) electrons. The lowest BCUT2D eigenvalue weighted by atomic mass is 10.1. The minimum Gasteiger partial charge on any atom is -0.393 e. The Balaban J connectivity index is 4.43. The highest BCUT2D eigenvalue weighted by molar-refractivity contribution is 8.06. The smallest absolute Gasteiger partial charge is 0.226 e. The Kier molecular flexibility index (Phi) is 4.67. The fraction of sp³-hybridized carbons (Fsp3) is 1.00. The molecule has 0 spiro atoms. The maximum absolute atomic E-state index is 11.1. The zero-order chi connectivity index (χ0) is 12.3. The number of aliphatic hydroxyl groups excluding tert-OH is 1. The molecule has 92 valence electrons. The van der Waals surface area contributed by atoms with Crippen molar-refractivity contribution < 1.29 is 27.0 Å². The van der Waals surface area contributed by atoms with Crippen LogP contribution in [0.25, 0.3) is 0 Å². The summed E-state index contributed by atoms with van der Waals surface area (Å²) >= 11 is 0. The second-order valence-corrected chi connectivity index (χ2v) is 7.95. The first-order valence-electron chi connectivity index (χ1n) is 3.96. The fourth-order valence-corrected chi connectivity index (χ4v) is 3.76. The molecule has 0 heterocycles. The molecule has 0 amide bonds. The van der Waals surface area contributed by atoms with Crippen LogP contribution in [0.3, 0.4) is 0 Å². The third-order valence-electron chi connectivity index (χ3n) is 1.38. The number of nitrogens with one attached hydrogen (secondary N) is 1. The normalized spacial score (nSPS) is 17.3. The van der Waals surface area contributed by atoms with Crippen molar-refractivity contribution in [1.82, 2.24) is 4.72 Å². The van der Waals surface area contributed by atoms with Gasteiger partial charge in [-0.15, -0.1) is 0 Å². The SMILES string of the molecule is CC(O)(CO)CNS(=O)(=O)CS(C)(=O)=O. The topological polar surface area (TPSA) is 121 Å². The first-order valence-corrected chi connectivity index (χ1v) is 7.67. The minimum absolute atomic E-state index is 0.443. The average Bonchev–Trinajstić information content (AvgIpc) is 1.97. The monoisotopic (exact) mass is 261 g/mol. The van der Waals surface area contributed by atoms with Crippen LogP contribution >= 0.6 is 0 Å². The van der Waals surface area contributed by atoms with Gasteiger partial charge in [-0.05, 0) is 6.92 Å². The summed E-state index contributed by atoms with van der Waals surface area (Å²) in [5, 5.41) is 16.8. The molecule has 0 rings (SSSR count). The lowest BCUT2D eigenvalue weighted by Gasteiger charge is -2.20. The van der Waals surface area contributed by atoms with E-state index >= 15 is 0 Å². The third kappa shape index (κ3) is 7.68. The molecule has 0 aliphatic heterocycles. The van der Waals surface area contributed by atoms with E-state index in [9.17, 15) is 21.9 Å². The van der Waals surface area contributed by atoms with E-state index in [1.807, 2.05) is 4.72 Å². The lowest BCUT2D eigenvalue weighted by Crippen LogP contribution is -2.44. The Morgan fingerprint density at radius 3 is 2.07 bits per heavy atom. The van der Waals surface area contributed by atoms with Crippen molar-refractivity contribution in [3.63, 3.8) is 0 Å². The number of aliphatic hydroxyl groups is 2. The number of sulfone groups is 1. The van der Waals surface area contributed by atoms with Gasteiger partial charge in [-0.3, -0.25) is 0 Å². The van der Waals surface area contributed by atoms with Crippen molar-refractivity contribution in [2.75, 3.05) is 24.5 Å². The first-order chi connectivity index (χ1) is 6.47. The van der Waals surface area contributed by atoms with Crippen LogP contribution in [0.4, 0.5) is 0 Å². The molecule has 0 saturated carbocycles. The lowest BCUT2D eigenvalue weighted by molar-refractivity contribution is 0.00683. The molecule has 0 aliphatic carbocycles. The average molecular weight is 261 g/mol. The second kappa shape index (κ2) is 4.74. The van der Waals surface area contributed by atoms with Gasteiger partial charge in [0.05, 0.1) is 12.2 Å². The van der Waals surface area contributed by atoms with Crippen molar-refractivity contribution in [1.29, 1.82) is 0 Å². The van der Waals surface area contributed by atoms with Crippen LogP contribution in [0.5, 0.6) is 0 Å². The van der Waals surface area contributed by atoms with Crippen LogP contribution in [-0.2, 0) is 19.9 Å². The van der Waals surface area contributed by atoms with Crippen LogP contribution in [0.15, 0.2) is 0 Å². The predicted molar refractivity (Wildman–Crippen MR) is 54.3 cm³/mol. The minimum atomic E-state index is -3.99. The summed E-state index contributed by atoms with van der Waals surface area (Å²) in [4.78, 5) is 0. The van der Waals surface area contributed by atoms with E-state index in [4.69, 9.17) is 5.11 Å². The summed E-state index contributed by atoms with van der Waals surface area (Å²) in [5.41, 5.74) is -1.61. The molecule has 15 heavy (non-hydrogen) atoms. The van der Waals surface area contributed by atoms with Gasteiger partial charge >= 0.3 is 0 Å². The Hall–Kier alpha value is -0.220. The molecule has 0 fully saturated rings. The van der Waals surface area contributed by atoms with Gasteiger partial charge in [-0.25, -0.2) is 21.6 Å². The van der Waals surface area contributed by atoms with Gasteiger partial charge in [0.15, 0.2) is 14.9 Å². The third-order valence-corrected chi connectivity index (χ3v) is 4.92. The van der Waals surface area contributed by atoms with Gasteiger partial charge in [0.25, 0.3) is 0 Å². The van der Waals surface area contributed by atoms with Crippen molar-refractivity contribution in [2.45, 2.75) is 12.5 Å². The zero-order valence-corrected chi connectivity index (χ0v) is 10.1. The standard InChI is InChI=1S/C6H15NO6S2/c1-6(9,4-8)3-7-15(12,13)5-14(2,10)11/h7-9H,3-5H2,1-2H3. The van der Waals surface area contributed by atoms with Gasteiger partial charge in [0.1, 0.15) is 0 Å². The molecule has 0 aromatic carbocycles. The Morgan fingerprint density at radius 1 is 1.27 bits per heavy atom. The molecular formula is C6H15NO6S2. The fourth-order valence-electron chi connectivity index (χ4n) is 0.645. The molecule has 1 atom stereocenters. The molecule has 1 unspecified atom stereocenters. The summed E-state index contributed by atoms with van der Waals surface area (Å²) in [6, 6.07) is 0. The molecule has 0 saturated heterocycles. The van der Waals surface area contributed by atoms with E-state index < -0.39 is 43.7 Å². The van der Waals surface area contributed by atoms with Crippen molar-refractivity contribution in [3.8, 4) is 0 Å². The number of hydrogen-bond acceptors (Lipinski definition) is 6. The largest absolute Gasteiger partial charge is 0.393 e. The molecule has 0 aromatic rings. The summed E-state index contributed by atoms with van der Waals surface area (Å²) in [5.74, 6) is 0. The van der Waals surface area contributed by atoms with Crippen LogP contribution in [0.2, 0.25) is 0 Å². The van der Waals surface area contributed by atoms with Gasteiger partial charge in [-0.1, -0.05) is 0 Å². The van der Waals surface area contributed by atoms with Gasteiger partial charge in [-0.2, -0.15) is 0 Å². The summed E-state index contributed by atoms with van der Waals surface area (Å²) in [7, 11) is -7.64. The Morgan fingerprint density at radius 2 is 1.73 bits per heavy atom. The summed E-state index contributed by atoms with van der Waals surface area (Å²) < 4.78 is 45.6. The van der Waals surface area contributed by atoms with E-state index in [0.717, 1.165) is 6.26 Å². The molecule has 7 nitrogen and oxygen atoms in total. The second-order valence-electron chi connectivity index (χ2n) is 3.63. The summed E-state index contributed by atoms with van der Waals surface area (Å²) in [6.07, 6.45) is 0.788. The maximum atomic E-state index is 11.1. The maximum Gasteiger partial charge on any atom is 0.226 e. The van der Waals surface area contributed by atoms with Crippen molar-refractivity contribution >= 4 is 19.9 Å². The highest BCUT2D eigenvalue weighted by Gasteiger charge is 2.24. The van der Waals surface area contributed by atoms with E-state index in [-0.39, 0.29) is 0 Å². The number of sulfonamides is 1. The predicted octanol–water partition coefficient (Wildman–Crippen LogP) is -2.35. The van der Waals surface area contributed by atoms with Crippen LogP contribution in [-0.4, -0.2) is 57.1 Å². The van der Waals surface area contributed by atoms with Gasteiger partial charge < -0.3 is 10.2 Å². The molecular weight excluding hydrogens is 246 g/mol. The Labute approximate surface area is 89.1 Å². The van der Waals surface area contributed by atoms with Crippen molar-refractivity contribution in [3.05, 3.63) is 0 Å². The van der Waals surface area contributed by atoms with Crippen LogP contribution in [0.1, 0.15) is 6.92 Å². The van der Waals surface area contributed by atoms with E-state index in [2.05, 4.69) is 0 Å².